The van der Waals surface area contributed by atoms with Gasteiger partial charge in [-0.25, -0.2) is 9.59 Å². The van der Waals surface area contributed by atoms with Gasteiger partial charge >= 0.3 is 63.3 Å². The van der Waals surface area contributed by atoms with Crippen LogP contribution in [0.4, 0.5) is 4.79 Å². The molecule has 68 valence electrons. The molecule has 0 amide bonds. The number of aliphatic carboxylic acids is 2. The monoisotopic (exact) mass is 216 g/mol. The van der Waals surface area contributed by atoms with Crippen molar-refractivity contribution < 1.29 is 86.2 Å². The second-order valence-corrected chi connectivity index (χ2v) is 1.28. The largest absolute Gasteiger partial charge is 1.00 e. The van der Waals surface area contributed by atoms with E-state index in [-0.39, 0.29) is 51.4 Å². The molecule has 0 atom stereocenters. The first-order valence-corrected chi connectivity index (χ1v) is 2.40. The molecule has 0 unspecified atom stereocenters. The van der Waals surface area contributed by atoms with Crippen LogP contribution in [0.1, 0.15) is 0 Å². The van der Waals surface area contributed by atoms with Crippen molar-refractivity contribution >= 4 is 18.1 Å². The average Bonchev–Trinajstić information content (AvgIpc) is 1.82. The summed E-state index contributed by atoms with van der Waals surface area (Å²) in [5.74, 6) is -2.51. The van der Waals surface area contributed by atoms with E-state index in [1.54, 1.807) is 0 Å². The van der Waals surface area contributed by atoms with Crippen LogP contribution < -0.4 is 56.5 Å². The number of carbonyl (C=O) groups is 3. The second-order valence-electron chi connectivity index (χ2n) is 1.28. The molecule has 0 aromatic carbocycles. The summed E-state index contributed by atoms with van der Waals surface area (Å²) in [4.78, 5) is 27.6. The molecule has 0 heterocycles. The fourth-order valence-corrected chi connectivity index (χ4v) is 0.143. The number of rotatable bonds is 2. The van der Waals surface area contributed by atoms with Gasteiger partial charge in [-0.15, -0.1) is 0 Å². The third-order valence-corrected chi connectivity index (χ3v) is 0.368. The summed E-state index contributed by atoms with van der Waals surface area (Å²) in [7, 11) is 0. The van der Waals surface area contributed by atoms with Crippen molar-refractivity contribution in [3.63, 3.8) is 0 Å². The van der Waals surface area contributed by atoms with Crippen molar-refractivity contribution in [2.75, 3.05) is 0 Å². The standard InChI is InChI=1S/C4H4O4.CH2O3.K/c5-3(6)1-2-4(7)8;2-1(3)4;/h1-2H,(H,5,6)(H,7,8);(H2,2,3,4);/q;;+1/p-1. The number of carboxylic acids is 2. The van der Waals surface area contributed by atoms with E-state index in [1.807, 2.05) is 0 Å². The van der Waals surface area contributed by atoms with Gasteiger partial charge in [0.1, 0.15) is 0 Å². The Morgan fingerprint density at radius 1 is 0.923 bits per heavy atom. The zero-order valence-corrected chi connectivity index (χ0v) is 9.75. The van der Waals surface area contributed by atoms with E-state index in [0.717, 1.165) is 0 Å². The molecule has 0 aliphatic carbocycles. The van der Waals surface area contributed by atoms with E-state index in [1.165, 1.54) is 0 Å². The fourth-order valence-electron chi connectivity index (χ4n) is 0.143. The summed E-state index contributed by atoms with van der Waals surface area (Å²) in [6, 6.07) is 0. The molecule has 0 aromatic heterocycles. The Kier molecular flexibility index (Phi) is 16.4. The average molecular weight is 216 g/mol. The van der Waals surface area contributed by atoms with Gasteiger partial charge in [-0.1, -0.05) is 0 Å². The van der Waals surface area contributed by atoms with Crippen LogP contribution in [-0.4, -0.2) is 33.4 Å². The van der Waals surface area contributed by atoms with Crippen molar-refractivity contribution in [1.29, 1.82) is 0 Å². The molecule has 3 N–H and O–H groups in total. The minimum atomic E-state index is -2.08. The summed E-state index contributed by atoms with van der Waals surface area (Å²) in [6.07, 6.45) is -0.968. The van der Waals surface area contributed by atoms with E-state index < -0.39 is 18.1 Å². The summed E-state index contributed by atoms with van der Waals surface area (Å²) in [5.41, 5.74) is 0. The fraction of sp³-hybridized carbons (Fsp3) is 0. The molecular weight excluding hydrogens is 211 g/mol. The maximum atomic E-state index is 9.55. The first-order chi connectivity index (χ1) is 5.36. The summed E-state index contributed by atoms with van der Waals surface area (Å²) in [5, 5.41) is 30.9. The van der Waals surface area contributed by atoms with Crippen LogP contribution in [0, 0.1) is 0 Å². The Balaban J connectivity index is -0.000000173. The summed E-state index contributed by atoms with van der Waals surface area (Å²) >= 11 is 0. The van der Waals surface area contributed by atoms with E-state index >= 15 is 0 Å². The van der Waals surface area contributed by atoms with Gasteiger partial charge in [0.2, 0.25) is 6.16 Å². The number of hydrogen-bond acceptors (Lipinski definition) is 4. The third kappa shape index (κ3) is 50.6. The number of carboxylic acid groups (broad SMARTS) is 4. The van der Waals surface area contributed by atoms with Crippen LogP contribution in [0.3, 0.4) is 0 Å². The van der Waals surface area contributed by atoms with Gasteiger partial charge in [0.05, 0.1) is 0 Å². The molecule has 8 heteroatoms. The normalized spacial score (nSPS) is 7.69. The van der Waals surface area contributed by atoms with Gasteiger partial charge in [0, 0.05) is 12.2 Å². The van der Waals surface area contributed by atoms with Gasteiger partial charge in [0.25, 0.3) is 0 Å². The van der Waals surface area contributed by atoms with E-state index in [2.05, 4.69) is 0 Å². The van der Waals surface area contributed by atoms with Crippen LogP contribution in [-0.2, 0) is 9.59 Å². The van der Waals surface area contributed by atoms with Crippen molar-refractivity contribution in [3.05, 3.63) is 12.2 Å². The minimum Gasteiger partial charge on any atom is -0.565 e. The van der Waals surface area contributed by atoms with Gasteiger partial charge in [0.15, 0.2) is 0 Å². The van der Waals surface area contributed by atoms with Gasteiger partial charge in [-0.2, -0.15) is 0 Å². The molecule has 0 saturated carbocycles. The van der Waals surface area contributed by atoms with Gasteiger partial charge in [-0.3, -0.25) is 0 Å². The predicted molar refractivity (Wildman–Crippen MR) is 32.4 cm³/mol. The quantitative estimate of drug-likeness (QED) is 0.313. The SMILES string of the molecule is O=C(O)C=CC(=O)O.O=C([O-])O.[K+]. The molecule has 13 heavy (non-hydrogen) atoms. The Morgan fingerprint density at radius 3 is 1.15 bits per heavy atom. The molecule has 0 aromatic rings. The molecule has 7 nitrogen and oxygen atoms in total. The Morgan fingerprint density at radius 2 is 1.08 bits per heavy atom. The smallest absolute Gasteiger partial charge is 0.565 e. The van der Waals surface area contributed by atoms with Crippen molar-refractivity contribution in [3.8, 4) is 0 Å². The first kappa shape index (κ1) is 18.4. The van der Waals surface area contributed by atoms with E-state index in [9.17, 15) is 9.59 Å². The molecule has 0 spiro atoms. The van der Waals surface area contributed by atoms with Crippen LogP contribution in [0.2, 0.25) is 0 Å². The molecule has 0 bridgehead atoms. The van der Waals surface area contributed by atoms with Crippen molar-refractivity contribution in [2.45, 2.75) is 0 Å². The molecule has 0 rings (SSSR count). The van der Waals surface area contributed by atoms with E-state index in [0.29, 0.717) is 12.2 Å². The second kappa shape index (κ2) is 11.6. The van der Waals surface area contributed by atoms with E-state index in [4.69, 9.17) is 25.2 Å². The van der Waals surface area contributed by atoms with Crippen LogP contribution in [0.5, 0.6) is 0 Å². The summed E-state index contributed by atoms with van der Waals surface area (Å²) < 4.78 is 0. The molecule has 0 radical (unpaired) electrons. The summed E-state index contributed by atoms with van der Waals surface area (Å²) in [6.45, 7) is 0. The molecule has 0 aliphatic heterocycles. The zero-order valence-electron chi connectivity index (χ0n) is 6.63. The molecule has 0 aliphatic rings. The number of hydrogen-bond donors (Lipinski definition) is 3. The van der Waals surface area contributed by atoms with Gasteiger partial charge in [-0.05, 0) is 0 Å². The topological polar surface area (TPSA) is 135 Å². The first-order valence-electron chi connectivity index (χ1n) is 2.40. The maximum Gasteiger partial charge on any atom is 1.00 e. The third-order valence-electron chi connectivity index (χ3n) is 0.368. The zero-order chi connectivity index (χ0) is 10.1. The molecule has 0 fully saturated rings. The Bertz CT molecular complexity index is 189. The molecular formula is C5H5KO7. The molecule has 0 saturated heterocycles. The Labute approximate surface area is 115 Å². The van der Waals surface area contributed by atoms with Crippen LogP contribution in [0.25, 0.3) is 0 Å². The van der Waals surface area contributed by atoms with Gasteiger partial charge < -0.3 is 25.2 Å². The predicted octanol–water partition coefficient (Wildman–Crippen LogP) is -4.40. The Hall–Kier alpha value is -0.414. The van der Waals surface area contributed by atoms with Crippen molar-refractivity contribution in [1.82, 2.24) is 0 Å². The van der Waals surface area contributed by atoms with Crippen molar-refractivity contribution in [2.24, 2.45) is 0 Å². The minimum absolute atomic E-state index is 0. The van der Waals surface area contributed by atoms with Crippen LogP contribution >= 0.6 is 0 Å². The maximum absolute atomic E-state index is 9.55. The van der Waals surface area contributed by atoms with Crippen LogP contribution in [0.15, 0.2) is 12.2 Å².